The van der Waals surface area contributed by atoms with Crippen LogP contribution >= 0.6 is 0 Å². The molecule has 3 N–H and O–H groups in total. The van der Waals surface area contributed by atoms with Gasteiger partial charge >= 0.3 is 0 Å². The van der Waals surface area contributed by atoms with Gasteiger partial charge in [0.25, 0.3) is 0 Å². The first kappa shape index (κ1) is 17.2. The molecule has 5 rings (SSSR count). The maximum atomic E-state index is 5.25. The van der Waals surface area contributed by atoms with Crippen molar-refractivity contribution < 1.29 is 4.74 Å². The minimum Gasteiger partial charge on any atom is -0.497 e. The number of hydrogen-bond acceptors (Lipinski definition) is 8. The Labute approximate surface area is 167 Å². The monoisotopic (exact) mass is 385 g/mol. The average Bonchev–Trinajstić information content (AvgIpc) is 3.16. The van der Waals surface area contributed by atoms with E-state index >= 15 is 0 Å². The summed E-state index contributed by atoms with van der Waals surface area (Å²) in [6.45, 7) is 0.651. The highest BCUT2D eigenvalue weighted by Gasteiger charge is 2.21. The standard InChI is InChI=1S/C21H19N7O/c1-29-16-8-10-23-20(12-16)24-19-7-6-18-21(25-19)28(27-26-18)13-14-4-5-17-15(11-14)3-2-9-22-17/h2-12,26-27H,13H2,1H3,(H,23,24,25). The Kier molecular flexibility index (Phi) is 4.30. The van der Waals surface area contributed by atoms with Gasteiger partial charge in [-0.2, -0.15) is 0 Å². The smallest absolute Gasteiger partial charge is 0.171 e. The number of benzene rings is 1. The van der Waals surface area contributed by atoms with E-state index in [-0.39, 0.29) is 0 Å². The fourth-order valence-corrected chi connectivity index (χ4v) is 3.26. The molecule has 0 atom stereocenters. The summed E-state index contributed by atoms with van der Waals surface area (Å²) in [7, 11) is 1.63. The van der Waals surface area contributed by atoms with E-state index in [9.17, 15) is 0 Å². The third-order valence-corrected chi connectivity index (χ3v) is 4.69. The van der Waals surface area contributed by atoms with Crippen LogP contribution in [0.2, 0.25) is 0 Å². The molecule has 0 saturated carbocycles. The topological polar surface area (TPSA) is 87.2 Å². The molecule has 0 saturated heterocycles. The number of aromatic nitrogens is 3. The molecule has 1 aliphatic heterocycles. The first-order chi connectivity index (χ1) is 14.3. The lowest BCUT2D eigenvalue weighted by atomic mass is 10.1. The molecule has 8 heteroatoms. The Morgan fingerprint density at radius 1 is 1.00 bits per heavy atom. The van der Waals surface area contributed by atoms with Crippen molar-refractivity contribution >= 4 is 34.0 Å². The molecule has 1 aromatic carbocycles. The molecular formula is C21H19N7O. The Bertz CT molecular complexity index is 1180. The van der Waals surface area contributed by atoms with Gasteiger partial charge in [0.2, 0.25) is 0 Å². The molecule has 0 aliphatic carbocycles. The van der Waals surface area contributed by atoms with Crippen molar-refractivity contribution in [2.45, 2.75) is 6.54 Å². The number of nitrogens with one attached hydrogen (secondary N) is 3. The van der Waals surface area contributed by atoms with E-state index in [4.69, 9.17) is 9.72 Å². The molecule has 0 amide bonds. The van der Waals surface area contributed by atoms with Crippen LogP contribution in [0.3, 0.4) is 0 Å². The van der Waals surface area contributed by atoms with Gasteiger partial charge < -0.3 is 15.5 Å². The van der Waals surface area contributed by atoms with Gasteiger partial charge in [-0.05, 0) is 42.0 Å². The number of methoxy groups -OCH3 is 1. The SMILES string of the molecule is COc1ccnc(Nc2ccc3c(n2)N(Cc2ccc4ncccc4c2)NN3)c1. The number of nitrogens with zero attached hydrogens (tertiary/aromatic N) is 4. The van der Waals surface area contributed by atoms with Gasteiger partial charge in [-0.1, -0.05) is 12.1 Å². The zero-order chi connectivity index (χ0) is 19.6. The molecule has 1 aliphatic rings. The predicted molar refractivity (Wildman–Crippen MR) is 113 cm³/mol. The van der Waals surface area contributed by atoms with E-state index in [1.54, 1.807) is 25.6 Å². The number of ether oxygens (including phenoxy) is 1. The van der Waals surface area contributed by atoms with Gasteiger partial charge in [0.1, 0.15) is 17.4 Å². The number of hydrazine groups is 2. The first-order valence-electron chi connectivity index (χ1n) is 9.19. The fraction of sp³-hybridized carbons (Fsp3) is 0.0952. The van der Waals surface area contributed by atoms with Crippen LogP contribution in [-0.2, 0) is 6.54 Å². The maximum Gasteiger partial charge on any atom is 0.171 e. The molecule has 3 aromatic heterocycles. The lowest BCUT2D eigenvalue weighted by Gasteiger charge is -2.17. The van der Waals surface area contributed by atoms with Gasteiger partial charge in [-0.25, -0.2) is 9.97 Å². The normalized spacial score (nSPS) is 12.5. The summed E-state index contributed by atoms with van der Waals surface area (Å²) in [5.41, 5.74) is 9.38. The molecule has 8 nitrogen and oxygen atoms in total. The first-order valence-corrected chi connectivity index (χ1v) is 9.19. The molecule has 0 radical (unpaired) electrons. The largest absolute Gasteiger partial charge is 0.497 e. The van der Waals surface area contributed by atoms with Crippen LogP contribution in [0.1, 0.15) is 5.56 Å². The maximum absolute atomic E-state index is 5.25. The van der Waals surface area contributed by atoms with Crippen LogP contribution in [0.25, 0.3) is 10.9 Å². The van der Waals surface area contributed by atoms with Crippen LogP contribution in [-0.4, -0.2) is 22.1 Å². The molecular weight excluding hydrogens is 366 g/mol. The van der Waals surface area contributed by atoms with Gasteiger partial charge in [-0.3, -0.25) is 9.99 Å². The number of pyridine rings is 3. The lowest BCUT2D eigenvalue weighted by Crippen LogP contribution is -2.35. The summed E-state index contributed by atoms with van der Waals surface area (Å²) in [6, 6.07) is 17.8. The van der Waals surface area contributed by atoms with Crippen molar-refractivity contribution in [1.29, 1.82) is 0 Å². The Balaban J connectivity index is 1.38. The fourth-order valence-electron chi connectivity index (χ4n) is 3.26. The van der Waals surface area contributed by atoms with E-state index in [1.165, 1.54) is 0 Å². The number of rotatable bonds is 5. The van der Waals surface area contributed by atoms with E-state index < -0.39 is 0 Å². The lowest BCUT2D eigenvalue weighted by molar-refractivity contribution is 0.414. The highest BCUT2D eigenvalue weighted by Crippen LogP contribution is 2.30. The quantitative estimate of drug-likeness (QED) is 0.480. The minimum atomic E-state index is 0.651. The van der Waals surface area contributed by atoms with Crippen molar-refractivity contribution in [1.82, 2.24) is 20.5 Å². The predicted octanol–water partition coefficient (Wildman–Crippen LogP) is 3.63. The summed E-state index contributed by atoms with van der Waals surface area (Å²) < 4.78 is 5.25. The highest BCUT2D eigenvalue weighted by molar-refractivity contribution is 5.79. The van der Waals surface area contributed by atoms with Crippen molar-refractivity contribution in [3.05, 3.63) is 72.6 Å². The zero-order valence-electron chi connectivity index (χ0n) is 15.8. The number of hydrogen-bond donors (Lipinski definition) is 3. The van der Waals surface area contributed by atoms with Gasteiger partial charge in [0, 0.05) is 23.8 Å². The van der Waals surface area contributed by atoms with Gasteiger partial charge in [-0.15, -0.1) is 5.53 Å². The minimum absolute atomic E-state index is 0.651. The number of fused-ring (bicyclic) bond motifs is 2. The second kappa shape index (κ2) is 7.25. The highest BCUT2D eigenvalue weighted by atomic mass is 16.5. The molecule has 4 aromatic rings. The second-order valence-corrected chi connectivity index (χ2v) is 6.63. The van der Waals surface area contributed by atoms with Crippen LogP contribution in [0.15, 0.2) is 67.0 Å². The summed E-state index contributed by atoms with van der Waals surface area (Å²) in [6.07, 6.45) is 3.50. The Morgan fingerprint density at radius 3 is 2.90 bits per heavy atom. The van der Waals surface area contributed by atoms with E-state index in [2.05, 4.69) is 44.4 Å². The summed E-state index contributed by atoms with van der Waals surface area (Å²) in [5.74, 6) is 2.91. The summed E-state index contributed by atoms with van der Waals surface area (Å²) in [4.78, 5) is 13.4. The van der Waals surface area contributed by atoms with Crippen LogP contribution < -0.4 is 26.0 Å². The zero-order valence-corrected chi connectivity index (χ0v) is 15.8. The summed E-state index contributed by atoms with van der Waals surface area (Å²) in [5, 5.41) is 6.31. The van der Waals surface area contributed by atoms with E-state index in [0.29, 0.717) is 18.2 Å². The van der Waals surface area contributed by atoms with Crippen molar-refractivity contribution in [2.24, 2.45) is 0 Å². The second-order valence-electron chi connectivity index (χ2n) is 6.63. The molecule has 0 unspecified atom stereocenters. The molecule has 144 valence electrons. The Hall–Kier alpha value is -3.91. The molecule has 4 heterocycles. The van der Waals surface area contributed by atoms with Crippen LogP contribution in [0.4, 0.5) is 23.1 Å². The Morgan fingerprint density at radius 2 is 1.97 bits per heavy atom. The van der Waals surface area contributed by atoms with Crippen LogP contribution in [0, 0.1) is 0 Å². The molecule has 0 bridgehead atoms. The van der Waals surface area contributed by atoms with E-state index in [1.807, 2.05) is 35.3 Å². The molecule has 0 fully saturated rings. The number of anilines is 4. The van der Waals surface area contributed by atoms with Crippen LogP contribution in [0.5, 0.6) is 5.75 Å². The van der Waals surface area contributed by atoms with Gasteiger partial charge in [0.05, 0.1) is 24.9 Å². The van der Waals surface area contributed by atoms with Crippen molar-refractivity contribution in [3.8, 4) is 5.75 Å². The molecule has 0 spiro atoms. The average molecular weight is 385 g/mol. The van der Waals surface area contributed by atoms with E-state index in [0.717, 1.165) is 33.7 Å². The third-order valence-electron chi connectivity index (χ3n) is 4.69. The summed E-state index contributed by atoms with van der Waals surface area (Å²) >= 11 is 0. The third kappa shape index (κ3) is 3.48. The van der Waals surface area contributed by atoms with Gasteiger partial charge in [0.15, 0.2) is 5.82 Å². The van der Waals surface area contributed by atoms with Crippen molar-refractivity contribution in [2.75, 3.05) is 22.9 Å². The van der Waals surface area contributed by atoms with Crippen molar-refractivity contribution in [3.63, 3.8) is 0 Å². The molecule has 29 heavy (non-hydrogen) atoms.